The van der Waals surface area contributed by atoms with Crippen molar-refractivity contribution in [2.75, 3.05) is 12.4 Å². The lowest BCUT2D eigenvalue weighted by atomic mass is 9.88. The van der Waals surface area contributed by atoms with E-state index in [1.807, 2.05) is 23.9 Å². The summed E-state index contributed by atoms with van der Waals surface area (Å²) in [6, 6.07) is 10.8. The van der Waals surface area contributed by atoms with Crippen LogP contribution in [0.5, 0.6) is 5.75 Å². The minimum atomic E-state index is -0.161. The highest BCUT2D eigenvalue weighted by Gasteiger charge is 2.39. The quantitative estimate of drug-likeness (QED) is 0.801. The van der Waals surface area contributed by atoms with E-state index in [0.717, 1.165) is 31.0 Å². The molecule has 0 saturated carbocycles. The number of hydrogen-bond donors (Lipinski definition) is 0. The molecule has 0 radical (unpaired) electrons. The highest BCUT2D eigenvalue weighted by Crippen LogP contribution is 2.47. The van der Waals surface area contributed by atoms with Gasteiger partial charge in [0.1, 0.15) is 10.5 Å². The SMILES string of the molecule is N#CC1(CC2COc3ccccc32)CCCS1. The van der Waals surface area contributed by atoms with E-state index >= 15 is 0 Å². The summed E-state index contributed by atoms with van der Waals surface area (Å²) in [5, 5.41) is 9.41. The zero-order chi connectivity index (χ0) is 11.7. The van der Waals surface area contributed by atoms with Gasteiger partial charge in [-0.15, -0.1) is 11.8 Å². The molecule has 1 saturated heterocycles. The number of nitrogens with zero attached hydrogens (tertiary/aromatic N) is 1. The highest BCUT2D eigenvalue weighted by molar-refractivity contribution is 8.01. The van der Waals surface area contributed by atoms with Gasteiger partial charge in [-0.3, -0.25) is 0 Å². The molecule has 2 unspecified atom stereocenters. The van der Waals surface area contributed by atoms with E-state index in [0.29, 0.717) is 5.92 Å². The van der Waals surface area contributed by atoms with Crippen LogP contribution in [-0.4, -0.2) is 17.1 Å². The van der Waals surface area contributed by atoms with E-state index in [4.69, 9.17) is 4.74 Å². The first-order chi connectivity index (χ1) is 8.33. The van der Waals surface area contributed by atoms with E-state index in [-0.39, 0.29) is 4.75 Å². The van der Waals surface area contributed by atoms with Crippen molar-refractivity contribution in [3.8, 4) is 11.8 Å². The van der Waals surface area contributed by atoms with Gasteiger partial charge in [0.2, 0.25) is 0 Å². The summed E-state index contributed by atoms with van der Waals surface area (Å²) in [5.41, 5.74) is 1.29. The first-order valence-electron chi connectivity index (χ1n) is 6.10. The fourth-order valence-electron chi connectivity index (χ4n) is 2.79. The standard InChI is InChI=1S/C14H15NOS/c15-10-14(6-3-7-17-14)8-11-9-16-13-5-2-1-4-12(11)13/h1-2,4-5,11H,3,6-9H2. The lowest BCUT2D eigenvalue weighted by molar-refractivity contribution is 0.319. The topological polar surface area (TPSA) is 33.0 Å². The molecule has 0 aromatic heterocycles. The van der Waals surface area contributed by atoms with Gasteiger partial charge in [0.25, 0.3) is 0 Å². The van der Waals surface area contributed by atoms with E-state index in [1.54, 1.807) is 0 Å². The maximum atomic E-state index is 9.41. The smallest absolute Gasteiger partial charge is 0.122 e. The summed E-state index contributed by atoms with van der Waals surface area (Å²) in [6.07, 6.45) is 3.14. The molecule has 1 aromatic carbocycles. The maximum absolute atomic E-state index is 9.41. The van der Waals surface area contributed by atoms with E-state index in [1.165, 1.54) is 12.0 Å². The zero-order valence-electron chi connectivity index (χ0n) is 9.69. The van der Waals surface area contributed by atoms with Gasteiger partial charge in [-0.2, -0.15) is 5.26 Å². The predicted octanol–water partition coefficient (Wildman–Crippen LogP) is 3.34. The summed E-state index contributed by atoms with van der Waals surface area (Å²) in [6.45, 7) is 0.739. The van der Waals surface area contributed by atoms with Crippen molar-refractivity contribution >= 4 is 11.8 Å². The van der Waals surface area contributed by atoms with Gasteiger partial charge in [0.15, 0.2) is 0 Å². The molecule has 2 aliphatic rings. The summed E-state index contributed by atoms with van der Waals surface area (Å²) in [7, 11) is 0. The molecule has 17 heavy (non-hydrogen) atoms. The summed E-state index contributed by atoms with van der Waals surface area (Å²) < 4.78 is 5.53. The molecule has 3 rings (SSSR count). The number of thioether (sulfide) groups is 1. The number of hydrogen-bond acceptors (Lipinski definition) is 3. The van der Waals surface area contributed by atoms with Crippen LogP contribution in [0.25, 0.3) is 0 Å². The van der Waals surface area contributed by atoms with Crippen LogP contribution in [0.2, 0.25) is 0 Å². The Kier molecular flexibility index (Phi) is 2.76. The van der Waals surface area contributed by atoms with Gasteiger partial charge in [-0.1, -0.05) is 18.2 Å². The van der Waals surface area contributed by atoms with Crippen LogP contribution in [0.15, 0.2) is 24.3 Å². The Labute approximate surface area is 106 Å². The molecule has 2 heterocycles. The minimum Gasteiger partial charge on any atom is -0.493 e. The van der Waals surface area contributed by atoms with Crippen molar-refractivity contribution in [2.45, 2.75) is 29.9 Å². The largest absolute Gasteiger partial charge is 0.493 e. The summed E-state index contributed by atoms with van der Waals surface area (Å²) in [4.78, 5) is 0. The molecular weight excluding hydrogens is 230 g/mol. The van der Waals surface area contributed by atoms with Crippen molar-refractivity contribution in [3.63, 3.8) is 0 Å². The van der Waals surface area contributed by atoms with E-state index < -0.39 is 0 Å². The monoisotopic (exact) mass is 245 g/mol. The second kappa shape index (κ2) is 4.27. The van der Waals surface area contributed by atoms with Crippen molar-refractivity contribution < 1.29 is 4.74 Å². The first kappa shape index (κ1) is 11.0. The molecule has 2 atom stereocenters. The first-order valence-corrected chi connectivity index (χ1v) is 7.08. The van der Waals surface area contributed by atoms with Gasteiger partial charge in [-0.25, -0.2) is 0 Å². The van der Waals surface area contributed by atoms with Gasteiger partial charge in [0, 0.05) is 11.5 Å². The molecule has 1 aromatic rings. The Morgan fingerprint density at radius 1 is 1.47 bits per heavy atom. The van der Waals surface area contributed by atoms with Gasteiger partial charge >= 0.3 is 0 Å². The van der Waals surface area contributed by atoms with Crippen LogP contribution < -0.4 is 4.74 Å². The van der Waals surface area contributed by atoms with Crippen molar-refractivity contribution in [3.05, 3.63) is 29.8 Å². The number of ether oxygens (including phenoxy) is 1. The molecule has 3 heteroatoms. The number of para-hydroxylation sites is 1. The van der Waals surface area contributed by atoms with Gasteiger partial charge in [-0.05, 0) is 31.1 Å². The lowest BCUT2D eigenvalue weighted by Crippen LogP contribution is -2.22. The lowest BCUT2D eigenvalue weighted by Gasteiger charge is -2.22. The molecule has 2 nitrogen and oxygen atoms in total. The fraction of sp³-hybridized carbons (Fsp3) is 0.500. The summed E-state index contributed by atoms with van der Waals surface area (Å²) in [5.74, 6) is 2.54. The number of nitriles is 1. The molecule has 0 bridgehead atoms. The van der Waals surface area contributed by atoms with Crippen molar-refractivity contribution in [1.29, 1.82) is 5.26 Å². The highest BCUT2D eigenvalue weighted by atomic mass is 32.2. The summed E-state index contributed by atoms with van der Waals surface area (Å²) >= 11 is 1.83. The molecule has 88 valence electrons. The number of benzene rings is 1. The Balaban J connectivity index is 1.82. The van der Waals surface area contributed by atoms with Crippen LogP contribution in [0.3, 0.4) is 0 Å². The molecule has 0 spiro atoms. The van der Waals surface area contributed by atoms with Crippen LogP contribution in [-0.2, 0) is 0 Å². The van der Waals surface area contributed by atoms with E-state index in [9.17, 15) is 5.26 Å². The number of rotatable bonds is 2. The molecule has 2 aliphatic heterocycles. The Bertz CT molecular complexity index is 460. The molecule has 0 amide bonds. The minimum absolute atomic E-state index is 0.161. The second-order valence-electron chi connectivity index (χ2n) is 4.81. The van der Waals surface area contributed by atoms with Crippen LogP contribution in [0.4, 0.5) is 0 Å². The zero-order valence-corrected chi connectivity index (χ0v) is 10.5. The molecule has 0 N–H and O–H groups in total. The average molecular weight is 245 g/mol. The third-order valence-electron chi connectivity index (χ3n) is 3.68. The second-order valence-corrected chi connectivity index (χ2v) is 6.29. The molecule has 0 aliphatic carbocycles. The van der Waals surface area contributed by atoms with Gasteiger partial charge < -0.3 is 4.74 Å². The maximum Gasteiger partial charge on any atom is 0.122 e. The Morgan fingerprint density at radius 2 is 2.35 bits per heavy atom. The van der Waals surface area contributed by atoms with E-state index in [2.05, 4.69) is 18.2 Å². The van der Waals surface area contributed by atoms with Crippen LogP contribution >= 0.6 is 11.8 Å². The number of fused-ring (bicyclic) bond motifs is 1. The van der Waals surface area contributed by atoms with Crippen LogP contribution in [0, 0.1) is 11.3 Å². The fourth-order valence-corrected chi connectivity index (χ4v) is 4.14. The Hall–Kier alpha value is -1.14. The van der Waals surface area contributed by atoms with Crippen molar-refractivity contribution in [2.24, 2.45) is 0 Å². The Morgan fingerprint density at radius 3 is 3.12 bits per heavy atom. The predicted molar refractivity (Wildman–Crippen MR) is 69.3 cm³/mol. The third-order valence-corrected chi connectivity index (χ3v) is 5.19. The average Bonchev–Trinajstić information content (AvgIpc) is 2.99. The third kappa shape index (κ3) is 1.91. The van der Waals surface area contributed by atoms with Crippen molar-refractivity contribution in [1.82, 2.24) is 0 Å². The normalized spacial score (nSPS) is 30.6. The molecular formula is C14H15NOS. The molecule has 1 fully saturated rings. The van der Waals surface area contributed by atoms with Gasteiger partial charge in [0.05, 0.1) is 12.7 Å². The van der Waals surface area contributed by atoms with Crippen LogP contribution in [0.1, 0.15) is 30.7 Å².